The molecule has 1 aliphatic heterocycles. The van der Waals surface area contributed by atoms with Crippen LogP contribution in [-0.4, -0.2) is 47.9 Å². The number of anilines is 1. The van der Waals surface area contributed by atoms with Gasteiger partial charge in [0, 0.05) is 38.1 Å². The fourth-order valence-corrected chi connectivity index (χ4v) is 4.50. The second-order valence-electron chi connectivity index (χ2n) is 9.05. The molecule has 0 spiro atoms. The summed E-state index contributed by atoms with van der Waals surface area (Å²) in [7, 11) is 0. The van der Waals surface area contributed by atoms with E-state index in [0.717, 1.165) is 36.1 Å². The minimum absolute atomic E-state index is 0.137. The molecule has 1 heterocycles. The van der Waals surface area contributed by atoms with Gasteiger partial charge in [0.25, 0.3) is 5.91 Å². The number of rotatable bonds is 6. The zero-order valence-electron chi connectivity index (χ0n) is 19.6. The Hall–Kier alpha value is -3.20. The first-order valence-electron chi connectivity index (χ1n) is 11.8. The van der Waals surface area contributed by atoms with Crippen molar-refractivity contribution in [2.45, 2.75) is 37.8 Å². The molecule has 10 heteroatoms. The van der Waals surface area contributed by atoms with Crippen LogP contribution in [0.5, 0.6) is 5.75 Å². The molecule has 2 aliphatic rings. The van der Waals surface area contributed by atoms with E-state index >= 15 is 0 Å². The van der Waals surface area contributed by atoms with Crippen LogP contribution in [0.4, 0.5) is 18.9 Å². The molecule has 0 atom stereocenters. The zero-order chi connectivity index (χ0) is 25.9. The third-order valence-electron chi connectivity index (χ3n) is 6.41. The van der Waals surface area contributed by atoms with Crippen molar-refractivity contribution in [3.8, 4) is 5.75 Å². The summed E-state index contributed by atoms with van der Waals surface area (Å²) >= 11 is 6.15. The maximum Gasteiger partial charge on any atom is 0.416 e. The topological polar surface area (TPSA) is 82.2 Å². The minimum Gasteiger partial charge on any atom is -0.506 e. The highest BCUT2D eigenvalue weighted by atomic mass is 35.5. The summed E-state index contributed by atoms with van der Waals surface area (Å²) < 4.78 is 39.0. The predicted octanol–water partition coefficient (Wildman–Crippen LogP) is 5.09. The number of carbonyl (C=O) groups excluding carboxylic acids is 1. The molecule has 1 amide bonds. The average Bonchev–Trinajstić information content (AvgIpc) is 3.70. The highest BCUT2D eigenvalue weighted by Crippen LogP contribution is 2.46. The van der Waals surface area contributed by atoms with E-state index in [1.807, 2.05) is 17.0 Å². The zero-order valence-corrected chi connectivity index (χ0v) is 20.4. The van der Waals surface area contributed by atoms with Crippen molar-refractivity contribution in [2.75, 3.05) is 31.1 Å². The number of amides is 1. The number of halogens is 4. The Morgan fingerprint density at radius 3 is 2.56 bits per heavy atom. The molecule has 2 aromatic carbocycles. The number of nitrogens with zero attached hydrogens (tertiary/aromatic N) is 3. The van der Waals surface area contributed by atoms with Crippen LogP contribution in [0.15, 0.2) is 53.7 Å². The number of alkyl halides is 3. The molecule has 1 saturated heterocycles. The van der Waals surface area contributed by atoms with Gasteiger partial charge in [0.05, 0.1) is 10.6 Å². The summed E-state index contributed by atoms with van der Waals surface area (Å²) in [4.78, 5) is 20.0. The SMILES string of the molecule is NC(=N/C=C/CCc1cc(Cl)c(O)c(C2CC2)c1)C(=O)N1CCN(c2cccc(C(F)(F)F)c2)CC1. The van der Waals surface area contributed by atoms with Crippen molar-refractivity contribution in [3.63, 3.8) is 0 Å². The number of hydrogen-bond acceptors (Lipinski definition) is 4. The highest BCUT2D eigenvalue weighted by Gasteiger charge is 2.31. The number of aromatic hydroxyl groups is 1. The summed E-state index contributed by atoms with van der Waals surface area (Å²) in [5.74, 6) is 0.0236. The monoisotopic (exact) mass is 520 g/mol. The van der Waals surface area contributed by atoms with Gasteiger partial charge in [0.2, 0.25) is 0 Å². The lowest BCUT2D eigenvalue weighted by molar-refractivity contribution is -0.137. The number of aliphatic imine (C=N–C) groups is 1. The molecule has 4 rings (SSSR count). The molecule has 2 aromatic rings. The number of hydrogen-bond donors (Lipinski definition) is 2. The van der Waals surface area contributed by atoms with Crippen molar-refractivity contribution < 1.29 is 23.1 Å². The van der Waals surface area contributed by atoms with Gasteiger partial charge in [-0.15, -0.1) is 0 Å². The quantitative estimate of drug-likeness (QED) is 0.410. The Bertz CT molecular complexity index is 1170. The third kappa shape index (κ3) is 6.32. The average molecular weight is 521 g/mol. The number of piperazine rings is 1. The van der Waals surface area contributed by atoms with Gasteiger partial charge in [-0.25, -0.2) is 4.99 Å². The molecule has 36 heavy (non-hydrogen) atoms. The number of carbonyl (C=O) groups is 1. The van der Waals surface area contributed by atoms with Gasteiger partial charge in [-0.05, 0) is 67.0 Å². The van der Waals surface area contributed by atoms with Gasteiger partial charge in [-0.3, -0.25) is 4.79 Å². The standard InChI is InChI=1S/C26H28ClF3N4O2/c27-22-15-17(14-21(23(22)35)18-7-8-18)4-1-2-9-32-24(31)25(36)34-12-10-33(11-13-34)20-6-3-5-19(16-20)26(28,29)30/h2-3,5-6,9,14-16,18,35H,1,4,7-8,10-13H2,(H2,31,32)/b9-2+. The van der Waals surface area contributed by atoms with Gasteiger partial charge >= 0.3 is 6.18 Å². The van der Waals surface area contributed by atoms with Gasteiger partial charge in [0.1, 0.15) is 5.75 Å². The number of phenolic OH excluding ortho intramolecular Hbond substituents is 1. The first kappa shape index (κ1) is 25.9. The molecule has 0 unspecified atom stereocenters. The van der Waals surface area contributed by atoms with Gasteiger partial charge in [0.15, 0.2) is 5.84 Å². The third-order valence-corrected chi connectivity index (χ3v) is 6.70. The van der Waals surface area contributed by atoms with Crippen molar-refractivity contribution >= 4 is 29.0 Å². The van der Waals surface area contributed by atoms with E-state index in [4.69, 9.17) is 17.3 Å². The molecule has 1 saturated carbocycles. The molecule has 192 valence electrons. The van der Waals surface area contributed by atoms with Crippen molar-refractivity contribution in [1.29, 1.82) is 0 Å². The molecule has 0 bridgehead atoms. The number of phenols is 1. The fourth-order valence-electron chi connectivity index (χ4n) is 4.25. The van der Waals surface area contributed by atoms with Crippen LogP contribution in [0, 0.1) is 0 Å². The first-order chi connectivity index (χ1) is 17.1. The van der Waals surface area contributed by atoms with Crippen LogP contribution in [0.1, 0.15) is 41.9 Å². The molecule has 3 N–H and O–H groups in total. The number of nitrogens with two attached hydrogens (primary N) is 1. The smallest absolute Gasteiger partial charge is 0.416 e. The van der Waals surface area contributed by atoms with Crippen LogP contribution in [-0.2, 0) is 17.4 Å². The van der Waals surface area contributed by atoms with Crippen LogP contribution in [0.25, 0.3) is 0 Å². The molecular weight excluding hydrogens is 493 g/mol. The molecule has 0 aromatic heterocycles. The predicted molar refractivity (Wildman–Crippen MR) is 134 cm³/mol. The Kier molecular flexibility index (Phi) is 7.78. The Balaban J connectivity index is 1.26. The minimum atomic E-state index is -4.40. The van der Waals surface area contributed by atoms with E-state index in [1.54, 1.807) is 17.0 Å². The molecule has 6 nitrogen and oxygen atoms in total. The lowest BCUT2D eigenvalue weighted by Gasteiger charge is -2.36. The van der Waals surface area contributed by atoms with Gasteiger partial charge < -0.3 is 20.6 Å². The molecular formula is C26H28ClF3N4O2. The van der Waals surface area contributed by atoms with E-state index in [-0.39, 0.29) is 11.6 Å². The summed E-state index contributed by atoms with van der Waals surface area (Å²) in [5.41, 5.74) is 7.58. The van der Waals surface area contributed by atoms with E-state index in [2.05, 4.69) is 4.99 Å². The van der Waals surface area contributed by atoms with Crippen molar-refractivity contribution in [3.05, 3.63) is 70.4 Å². The number of allylic oxidation sites excluding steroid dienone is 1. The lowest BCUT2D eigenvalue weighted by Crippen LogP contribution is -2.52. The normalized spacial score (nSPS) is 17.2. The van der Waals surface area contributed by atoms with Crippen LogP contribution >= 0.6 is 11.6 Å². The Morgan fingerprint density at radius 2 is 1.89 bits per heavy atom. The van der Waals surface area contributed by atoms with Gasteiger partial charge in [-0.1, -0.05) is 29.8 Å². The number of aryl methyl sites for hydroxylation is 1. The van der Waals surface area contributed by atoms with Crippen LogP contribution in [0.2, 0.25) is 5.02 Å². The van der Waals surface area contributed by atoms with Crippen LogP contribution in [0.3, 0.4) is 0 Å². The Labute approximate surface area is 212 Å². The summed E-state index contributed by atoms with van der Waals surface area (Å²) in [6.45, 7) is 1.46. The summed E-state index contributed by atoms with van der Waals surface area (Å²) in [6, 6.07) is 8.93. The van der Waals surface area contributed by atoms with E-state index in [9.17, 15) is 23.1 Å². The largest absolute Gasteiger partial charge is 0.506 e. The molecule has 0 radical (unpaired) electrons. The maximum atomic E-state index is 13.0. The second-order valence-corrected chi connectivity index (χ2v) is 9.46. The highest BCUT2D eigenvalue weighted by molar-refractivity contribution is 6.37. The lowest BCUT2D eigenvalue weighted by atomic mass is 10.0. The van der Waals surface area contributed by atoms with E-state index < -0.39 is 17.6 Å². The first-order valence-corrected chi connectivity index (χ1v) is 12.2. The van der Waals surface area contributed by atoms with Crippen molar-refractivity contribution in [2.24, 2.45) is 10.7 Å². The summed E-state index contributed by atoms with van der Waals surface area (Å²) in [6.07, 6.45) is 2.40. The summed E-state index contributed by atoms with van der Waals surface area (Å²) in [5, 5.41) is 10.5. The number of benzene rings is 2. The van der Waals surface area contributed by atoms with Crippen LogP contribution < -0.4 is 10.6 Å². The molecule has 1 aliphatic carbocycles. The second kappa shape index (κ2) is 10.8. The Morgan fingerprint density at radius 1 is 1.17 bits per heavy atom. The molecule has 2 fully saturated rings. The maximum absolute atomic E-state index is 13.0. The van der Waals surface area contributed by atoms with E-state index in [1.165, 1.54) is 12.3 Å². The number of amidine groups is 1. The van der Waals surface area contributed by atoms with Crippen molar-refractivity contribution in [1.82, 2.24) is 4.90 Å². The van der Waals surface area contributed by atoms with Gasteiger partial charge in [-0.2, -0.15) is 13.2 Å². The fraction of sp³-hybridized carbons (Fsp3) is 0.385. The van der Waals surface area contributed by atoms with E-state index in [0.29, 0.717) is 55.6 Å².